The van der Waals surface area contributed by atoms with Crippen LogP contribution in [0.15, 0.2) is 18.5 Å². The molecule has 0 saturated heterocycles. The molecule has 0 aliphatic rings. The zero-order valence-electron chi connectivity index (χ0n) is 7.12. The lowest BCUT2D eigenvalue weighted by atomic mass is 10.4. The van der Waals surface area contributed by atoms with E-state index in [1.807, 2.05) is 5.32 Å². The number of nitrogens with two attached hydrogens (primary N) is 1. The molecule has 1 aromatic heterocycles. The Morgan fingerprint density at radius 2 is 2.17 bits per heavy atom. The Hall–Kier alpha value is -1.29. The Balaban J connectivity index is 2.54. The topological polar surface area (TPSA) is 66.2 Å². The van der Waals surface area contributed by atoms with Crippen molar-refractivity contribution in [2.24, 2.45) is 0 Å². The number of nitrogens with zero attached hydrogens (tertiary/aromatic N) is 2. The van der Waals surface area contributed by atoms with Gasteiger partial charge in [-0.15, -0.1) is 0 Å². The monoisotopic (exact) mass is 165 g/mol. The highest BCUT2D eigenvalue weighted by atomic mass is 15.0. The van der Waals surface area contributed by atoms with E-state index in [9.17, 15) is 0 Å². The average molecular weight is 165 g/mol. The van der Waals surface area contributed by atoms with Crippen LogP contribution in [0.2, 0.25) is 0 Å². The fraction of sp³-hybridized carbons (Fsp3) is 0.375. The predicted octanol–water partition coefficient (Wildman–Crippen LogP) is -0.225. The summed E-state index contributed by atoms with van der Waals surface area (Å²) in [5.74, 6) is 0.920. The molecule has 4 heteroatoms. The van der Waals surface area contributed by atoms with Crippen LogP contribution in [-0.4, -0.2) is 22.3 Å². The molecule has 4 nitrogen and oxygen atoms in total. The Bertz CT molecular complexity index is 244. The maximum Gasteiger partial charge on any atom is 0.262 e. The van der Waals surface area contributed by atoms with Gasteiger partial charge >= 0.3 is 0 Å². The van der Waals surface area contributed by atoms with Gasteiger partial charge in [-0.3, -0.25) is 5.32 Å². The summed E-state index contributed by atoms with van der Waals surface area (Å²) in [6.45, 7) is 2.99. The van der Waals surface area contributed by atoms with Gasteiger partial charge in [-0.25, -0.2) is 15.4 Å². The summed E-state index contributed by atoms with van der Waals surface area (Å²) < 4.78 is 0. The molecule has 1 rings (SSSR count). The zero-order chi connectivity index (χ0) is 8.81. The normalized spacial score (nSPS) is 9.75. The van der Waals surface area contributed by atoms with Crippen molar-refractivity contribution in [3.63, 3.8) is 0 Å². The number of hydrogen-bond donors (Lipinski definition) is 2. The van der Waals surface area contributed by atoms with Crippen LogP contribution in [0.5, 0.6) is 0 Å². The molecule has 0 saturated carbocycles. The molecule has 0 atom stereocenters. The molecule has 0 aliphatic heterocycles. The average Bonchev–Trinajstić information content (AvgIpc) is 2.15. The fourth-order valence-electron chi connectivity index (χ4n) is 0.818. The first kappa shape index (κ1) is 8.80. The first-order chi connectivity index (χ1) is 5.84. The molecule has 0 unspecified atom stereocenters. The Morgan fingerprint density at radius 1 is 1.50 bits per heavy atom. The van der Waals surface area contributed by atoms with E-state index in [2.05, 4.69) is 16.9 Å². The smallest absolute Gasteiger partial charge is 0.262 e. The quantitative estimate of drug-likeness (QED) is 0.480. The third-order valence-electron chi connectivity index (χ3n) is 1.44. The Morgan fingerprint density at radius 3 is 2.75 bits per heavy atom. The zero-order valence-corrected chi connectivity index (χ0v) is 7.12. The SMILES string of the molecule is CCC[NH2+]C(=N)c1ncccn1. The lowest BCUT2D eigenvalue weighted by molar-refractivity contribution is -0.540. The van der Waals surface area contributed by atoms with Gasteiger partial charge in [-0.05, 0) is 12.5 Å². The van der Waals surface area contributed by atoms with Gasteiger partial charge < -0.3 is 0 Å². The van der Waals surface area contributed by atoms with Crippen molar-refractivity contribution in [1.29, 1.82) is 5.41 Å². The number of hydrogen-bond acceptors (Lipinski definition) is 3. The minimum absolute atomic E-state index is 0.414. The Labute approximate surface area is 71.6 Å². The number of quaternary nitrogens is 1. The van der Waals surface area contributed by atoms with E-state index >= 15 is 0 Å². The molecule has 1 aromatic rings. The van der Waals surface area contributed by atoms with Crippen molar-refractivity contribution >= 4 is 5.84 Å². The maximum atomic E-state index is 7.55. The van der Waals surface area contributed by atoms with Crippen molar-refractivity contribution in [3.8, 4) is 0 Å². The van der Waals surface area contributed by atoms with Crippen LogP contribution in [0.25, 0.3) is 0 Å². The third-order valence-corrected chi connectivity index (χ3v) is 1.44. The molecule has 0 amide bonds. The van der Waals surface area contributed by atoms with Crippen molar-refractivity contribution in [1.82, 2.24) is 9.97 Å². The van der Waals surface area contributed by atoms with Gasteiger partial charge in [0.1, 0.15) is 0 Å². The fourth-order valence-corrected chi connectivity index (χ4v) is 0.818. The summed E-state index contributed by atoms with van der Waals surface area (Å²) in [7, 11) is 0. The number of aromatic nitrogens is 2. The van der Waals surface area contributed by atoms with Gasteiger partial charge in [0.25, 0.3) is 5.84 Å². The molecule has 12 heavy (non-hydrogen) atoms. The minimum Gasteiger partial charge on any atom is -0.295 e. The molecule has 0 aliphatic carbocycles. The summed E-state index contributed by atoms with van der Waals surface area (Å²) in [5.41, 5.74) is 0. The molecular weight excluding hydrogens is 152 g/mol. The largest absolute Gasteiger partial charge is 0.295 e. The van der Waals surface area contributed by atoms with Crippen molar-refractivity contribution in [2.45, 2.75) is 13.3 Å². The van der Waals surface area contributed by atoms with Crippen LogP contribution in [0.3, 0.4) is 0 Å². The van der Waals surface area contributed by atoms with E-state index in [1.54, 1.807) is 18.5 Å². The maximum absolute atomic E-state index is 7.55. The van der Waals surface area contributed by atoms with Crippen LogP contribution >= 0.6 is 0 Å². The summed E-state index contributed by atoms with van der Waals surface area (Å²) in [5, 5.41) is 9.40. The highest BCUT2D eigenvalue weighted by Crippen LogP contribution is 1.82. The molecule has 0 spiro atoms. The summed E-state index contributed by atoms with van der Waals surface area (Å²) >= 11 is 0. The lowest BCUT2D eigenvalue weighted by Gasteiger charge is -1.97. The molecule has 0 aromatic carbocycles. The van der Waals surface area contributed by atoms with E-state index in [4.69, 9.17) is 5.41 Å². The first-order valence-electron chi connectivity index (χ1n) is 4.03. The van der Waals surface area contributed by atoms with Crippen LogP contribution in [0, 0.1) is 5.41 Å². The van der Waals surface area contributed by atoms with Crippen LogP contribution in [0.1, 0.15) is 19.2 Å². The molecule has 0 fully saturated rings. The van der Waals surface area contributed by atoms with Gasteiger partial charge in [0, 0.05) is 12.4 Å². The second-order valence-electron chi connectivity index (χ2n) is 2.48. The van der Waals surface area contributed by atoms with Gasteiger partial charge in [0.2, 0.25) is 5.82 Å². The van der Waals surface area contributed by atoms with Crippen molar-refractivity contribution in [3.05, 3.63) is 24.3 Å². The molecule has 0 bridgehead atoms. The number of nitrogen functional groups attached to an aromatic ring is 1. The predicted molar refractivity (Wildman–Crippen MR) is 45.9 cm³/mol. The standard InChI is InChI=1S/C8H12N4/c1-2-4-10-7(9)8-11-5-3-6-12-8/h3,5-6H,2,4H2,1H3,(H2,9,10)/p+1. The van der Waals surface area contributed by atoms with E-state index in [-0.39, 0.29) is 0 Å². The molecule has 3 N–H and O–H groups in total. The van der Waals surface area contributed by atoms with Gasteiger partial charge in [-0.1, -0.05) is 6.92 Å². The Kier molecular flexibility index (Phi) is 3.35. The number of amidine groups is 1. The molecule has 1 heterocycles. The van der Waals surface area contributed by atoms with Crippen LogP contribution in [0.4, 0.5) is 0 Å². The highest BCUT2D eigenvalue weighted by Gasteiger charge is 2.05. The van der Waals surface area contributed by atoms with Gasteiger partial charge in [-0.2, -0.15) is 0 Å². The van der Waals surface area contributed by atoms with Gasteiger partial charge in [0.05, 0.1) is 6.54 Å². The molecular formula is C8H13N4+. The highest BCUT2D eigenvalue weighted by molar-refractivity contribution is 5.84. The number of rotatable bonds is 3. The van der Waals surface area contributed by atoms with Crippen LogP contribution < -0.4 is 5.32 Å². The van der Waals surface area contributed by atoms with Crippen LogP contribution in [-0.2, 0) is 0 Å². The third kappa shape index (κ3) is 2.39. The van der Waals surface area contributed by atoms with Gasteiger partial charge in [0.15, 0.2) is 0 Å². The first-order valence-corrected chi connectivity index (χ1v) is 4.03. The van der Waals surface area contributed by atoms with Crippen molar-refractivity contribution in [2.75, 3.05) is 6.54 Å². The number of nitrogens with one attached hydrogen (secondary N) is 1. The van der Waals surface area contributed by atoms with E-state index in [0.717, 1.165) is 13.0 Å². The van der Waals surface area contributed by atoms with Crippen molar-refractivity contribution < 1.29 is 5.32 Å². The summed E-state index contributed by atoms with van der Waals surface area (Å²) in [4.78, 5) is 7.93. The van der Waals surface area contributed by atoms with E-state index in [1.165, 1.54) is 0 Å². The second-order valence-corrected chi connectivity index (χ2v) is 2.48. The molecule has 0 radical (unpaired) electrons. The lowest BCUT2D eigenvalue weighted by Crippen LogP contribution is -2.88. The minimum atomic E-state index is 0.414. The second kappa shape index (κ2) is 4.56. The molecule has 64 valence electrons. The summed E-state index contributed by atoms with van der Waals surface area (Å²) in [6.07, 6.45) is 4.35. The van der Waals surface area contributed by atoms with E-state index in [0.29, 0.717) is 11.7 Å². The summed E-state index contributed by atoms with van der Waals surface area (Å²) in [6, 6.07) is 1.75. The van der Waals surface area contributed by atoms with E-state index < -0.39 is 0 Å².